The van der Waals surface area contributed by atoms with Crippen LogP contribution in [-0.2, 0) is 6.42 Å². The Morgan fingerprint density at radius 1 is 0.824 bits per heavy atom. The van der Waals surface area contributed by atoms with E-state index in [0.717, 1.165) is 12.8 Å². The molecule has 0 saturated carbocycles. The van der Waals surface area contributed by atoms with Gasteiger partial charge in [0.1, 0.15) is 0 Å². The Labute approximate surface area is 104 Å². The van der Waals surface area contributed by atoms with Crippen LogP contribution in [0.5, 0.6) is 0 Å². The maximum atomic E-state index is 2.21. The van der Waals surface area contributed by atoms with Gasteiger partial charge in [-0.15, -0.1) is 0 Å². The zero-order valence-corrected chi connectivity index (χ0v) is 10.3. The fourth-order valence-electron chi connectivity index (χ4n) is 1.83. The second-order valence-corrected chi connectivity index (χ2v) is 4.21. The molecule has 0 atom stereocenters. The zero-order chi connectivity index (χ0) is 11.9. The van der Waals surface area contributed by atoms with Crippen molar-refractivity contribution in [3.8, 4) is 0 Å². The summed E-state index contributed by atoms with van der Waals surface area (Å²) in [4.78, 5) is 0. The fraction of sp³-hybridized carbons (Fsp3) is 0.176. The van der Waals surface area contributed by atoms with Gasteiger partial charge in [-0.3, -0.25) is 0 Å². The molecule has 0 aliphatic rings. The molecule has 86 valence electrons. The van der Waals surface area contributed by atoms with E-state index in [9.17, 15) is 0 Å². The highest BCUT2D eigenvalue weighted by atomic mass is 14.0. The van der Waals surface area contributed by atoms with E-state index >= 15 is 0 Å². The predicted octanol–water partition coefficient (Wildman–Crippen LogP) is 4.70. The predicted molar refractivity (Wildman–Crippen MR) is 75.0 cm³/mol. The quantitative estimate of drug-likeness (QED) is 0.703. The normalized spacial score (nSPS) is 10.9. The van der Waals surface area contributed by atoms with Crippen LogP contribution >= 0.6 is 0 Å². The molecule has 0 radical (unpaired) electrons. The molecule has 0 aromatic heterocycles. The average Bonchev–Trinajstić information content (AvgIpc) is 2.39. The molecular weight excluding hydrogens is 204 g/mol. The second kappa shape index (κ2) is 6.05. The highest BCUT2D eigenvalue weighted by molar-refractivity contribution is 5.49. The Morgan fingerprint density at radius 2 is 1.47 bits per heavy atom. The summed E-state index contributed by atoms with van der Waals surface area (Å²) in [5, 5.41) is 0. The molecule has 0 bridgehead atoms. The van der Waals surface area contributed by atoms with Crippen molar-refractivity contribution >= 4 is 6.08 Å². The Hall–Kier alpha value is -1.82. The molecule has 2 aromatic carbocycles. The van der Waals surface area contributed by atoms with Crippen LogP contribution in [0.1, 0.15) is 30.0 Å². The van der Waals surface area contributed by atoms with Crippen LogP contribution in [0.2, 0.25) is 0 Å². The van der Waals surface area contributed by atoms with Crippen LogP contribution < -0.4 is 0 Å². The van der Waals surface area contributed by atoms with E-state index in [0.29, 0.717) is 0 Å². The zero-order valence-electron chi connectivity index (χ0n) is 10.3. The van der Waals surface area contributed by atoms with Gasteiger partial charge >= 0.3 is 0 Å². The molecule has 0 nitrogen and oxygen atoms in total. The maximum absolute atomic E-state index is 2.21. The lowest BCUT2D eigenvalue weighted by Crippen LogP contribution is -1.87. The van der Waals surface area contributed by atoms with Gasteiger partial charge in [0.25, 0.3) is 0 Å². The van der Waals surface area contributed by atoms with Crippen molar-refractivity contribution in [2.24, 2.45) is 0 Å². The lowest BCUT2D eigenvalue weighted by Gasteiger charge is -2.02. The van der Waals surface area contributed by atoms with Crippen molar-refractivity contribution in [2.75, 3.05) is 0 Å². The van der Waals surface area contributed by atoms with Crippen molar-refractivity contribution in [3.63, 3.8) is 0 Å². The highest BCUT2D eigenvalue weighted by Gasteiger charge is 1.95. The van der Waals surface area contributed by atoms with Crippen LogP contribution in [0.25, 0.3) is 6.08 Å². The summed E-state index contributed by atoms with van der Waals surface area (Å²) in [7, 11) is 0. The molecule has 17 heavy (non-hydrogen) atoms. The Bertz CT molecular complexity index is 463. The average molecular weight is 222 g/mol. The van der Waals surface area contributed by atoms with Gasteiger partial charge in [-0.25, -0.2) is 0 Å². The number of rotatable bonds is 4. The van der Waals surface area contributed by atoms with Crippen molar-refractivity contribution in [3.05, 3.63) is 77.4 Å². The van der Waals surface area contributed by atoms with Gasteiger partial charge in [-0.1, -0.05) is 73.7 Å². The minimum atomic E-state index is 1.01. The molecule has 0 heterocycles. The SMILES string of the molecule is CCC=Cc1ccc(Cc2ccccc2)cc1. The topological polar surface area (TPSA) is 0 Å². The summed E-state index contributed by atoms with van der Waals surface area (Å²) in [6.45, 7) is 2.15. The molecule has 0 saturated heterocycles. The minimum Gasteiger partial charge on any atom is -0.0842 e. The minimum absolute atomic E-state index is 1.01. The van der Waals surface area contributed by atoms with Gasteiger partial charge in [-0.2, -0.15) is 0 Å². The van der Waals surface area contributed by atoms with Crippen molar-refractivity contribution < 1.29 is 0 Å². The molecule has 0 aliphatic carbocycles. The third-order valence-electron chi connectivity index (χ3n) is 2.78. The number of hydrogen-bond acceptors (Lipinski definition) is 0. The summed E-state index contributed by atoms with van der Waals surface area (Å²) in [5.41, 5.74) is 4.01. The van der Waals surface area contributed by atoms with Crippen molar-refractivity contribution in [1.82, 2.24) is 0 Å². The van der Waals surface area contributed by atoms with Crippen LogP contribution in [-0.4, -0.2) is 0 Å². The first-order valence-corrected chi connectivity index (χ1v) is 6.18. The summed E-state index contributed by atoms with van der Waals surface area (Å²) >= 11 is 0. The molecule has 0 aliphatic heterocycles. The van der Waals surface area contributed by atoms with Crippen LogP contribution in [0.4, 0.5) is 0 Å². The molecule has 0 spiro atoms. The van der Waals surface area contributed by atoms with E-state index in [1.807, 2.05) is 0 Å². The largest absolute Gasteiger partial charge is 0.0842 e. The first kappa shape index (κ1) is 11.7. The van der Waals surface area contributed by atoms with E-state index in [2.05, 4.69) is 73.7 Å². The molecular formula is C17H18. The number of hydrogen-bond donors (Lipinski definition) is 0. The van der Waals surface area contributed by atoms with Gasteiger partial charge in [-0.05, 0) is 29.5 Å². The first-order chi connectivity index (χ1) is 8.38. The lowest BCUT2D eigenvalue weighted by atomic mass is 10.0. The molecule has 2 rings (SSSR count). The van der Waals surface area contributed by atoms with Crippen LogP contribution in [0.3, 0.4) is 0 Å². The van der Waals surface area contributed by atoms with Crippen LogP contribution in [0.15, 0.2) is 60.7 Å². The fourth-order valence-corrected chi connectivity index (χ4v) is 1.83. The number of benzene rings is 2. The van der Waals surface area contributed by atoms with Gasteiger partial charge in [0, 0.05) is 0 Å². The smallest absolute Gasteiger partial charge is 0.00258 e. The highest BCUT2D eigenvalue weighted by Crippen LogP contribution is 2.11. The van der Waals surface area contributed by atoms with Crippen molar-refractivity contribution in [2.45, 2.75) is 19.8 Å². The molecule has 0 unspecified atom stereocenters. The first-order valence-electron chi connectivity index (χ1n) is 6.18. The van der Waals surface area contributed by atoms with Crippen molar-refractivity contribution in [1.29, 1.82) is 0 Å². The van der Waals surface area contributed by atoms with Gasteiger partial charge < -0.3 is 0 Å². The standard InChI is InChI=1S/C17H18/c1-2-3-7-15-10-12-17(13-11-15)14-16-8-5-4-6-9-16/h3-13H,2,14H2,1H3. The molecule has 2 aromatic rings. The molecule has 0 amide bonds. The van der Waals surface area contributed by atoms with Gasteiger partial charge in [0.2, 0.25) is 0 Å². The molecule has 0 fully saturated rings. The van der Waals surface area contributed by atoms with Crippen LogP contribution in [0, 0.1) is 0 Å². The van der Waals surface area contributed by atoms with E-state index < -0.39 is 0 Å². The van der Waals surface area contributed by atoms with E-state index in [1.165, 1.54) is 16.7 Å². The third-order valence-corrected chi connectivity index (χ3v) is 2.78. The lowest BCUT2D eigenvalue weighted by molar-refractivity contribution is 1.19. The summed E-state index contributed by atoms with van der Waals surface area (Å²) < 4.78 is 0. The Balaban J connectivity index is 2.06. The number of allylic oxidation sites excluding steroid dienone is 1. The maximum Gasteiger partial charge on any atom is -0.00258 e. The monoisotopic (exact) mass is 222 g/mol. The summed E-state index contributed by atoms with van der Waals surface area (Å²) in [5.74, 6) is 0. The van der Waals surface area contributed by atoms with E-state index in [1.54, 1.807) is 0 Å². The van der Waals surface area contributed by atoms with Gasteiger partial charge in [0.15, 0.2) is 0 Å². The molecule has 0 N–H and O–H groups in total. The van der Waals surface area contributed by atoms with E-state index in [-0.39, 0.29) is 0 Å². The second-order valence-electron chi connectivity index (χ2n) is 4.21. The van der Waals surface area contributed by atoms with E-state index in [4.69, 9.17) is 0 Å². The third kappa shape index (κ3) is 3.60. The Kier molecular flexibility index (Phi) is 4.15. The summed E-state index contributed by atoms with van der Waals surface area (Å²) in [6.07, 6.45) is 6.46. The summed E-state index contributed by atoms with van der Waals surface area (Å²) in [6, 6.07) is 19.4. The molecule has 0 heteroatoms. The Morgan fingerprint density at radius 3 is 2.12 bits per heavy atom. The van der Waals surface area contributed by atoms with Gasteiger partial charge in [0.05, 0.1) is 0 Å².